The van der Waals surface area contributed by atoms with Crippen molar-refractivity contribution in [2.45, 2.75) is 32.2 Å². The molecule has 0 spiro atoms. The van der Waals surface area contributed by atoms with Gasteiger partial charge >= 0.3 is 0 Å². The molecular weight excluding hydrogens is 256 g/mol. The van der Waals surface area contributed by atoms with Gasteiger partial charge in [-0.2, -0.15) is 0 Å². The highest BCUT2D eigenvalue weighted by atomic mass is 16.2. The van der Waals surface area contributed by atoms with Gasteiger partial charge in [-0.05, 0) is 18.4 Å². The molecule has 0 radical (unpaired) electrons. The average Bonchev–Trinajstić information content (AvgIpc) is 2.72. The van der Waals surface area contributed by atoms with E-state index in [1.165, 1.54) is 11.0 Å². The second-order valence-electron chi connectivity index (χ2n) is 4.85. The van der Waals surface area contributed by atoms with Gasteiger partial charge in [0.2, 0.25) is 11.8 Å². The molecule has 106 valence electrons. The van der Waals surface area contributed by atoms with Crippen molar-refractivity contribution >= 4 is 17.7 Å². The first kappa shape index (κ1) is 14.2. The summed E-state index contributed by atoms with van der Waals surface area (Å²) in [6.07, 6.45) is 6.93. The van der Waals surface area contributed by atoms with Crippen molar-refractivity contribution in [1.29, 1.82) is 0 Å². The molecule has 2 heterocycles. The molecule has 1 saturated heterocycles. The van der Waals surface area contributed by atoms with Crippen LogP contribution in [0.2, 0.25) is 0 Å². The van der Waals surface area contributed by atoms with E-state index in [2.05, 4.69) is 11.9 Å². The van der Waals surface area contributed by atoms with Gasteiger partial charge in [0, 0.05) is 18.5 Å². The lowest BCUT2D eigenvalue weighted by Gasteiger charge is -2.29. The highest BCUT2D eigenvalue weighted by Crippen LogP contribution is 2.26. The van der Waals surface area contributed by atoms with Crippen LogP contribution >= 0.6 is 0 Å². The van der Waals surface area contributed by atoms with Gasteiger partial charge in [0.25, 0.3) is 5.91 Å². The maximum Gasteiger partial charge on any atom is 0.255 e. The summed E-state index contributed by atoms with van der Waals surface area (Å²) in [5, 5.41) is 2.28. The minimum Gasteiger partial charge on any atom is -0.322 e. The molecule has 1 N–H and O–H groups in total. The predicted octanol–water partition coefficient (Wildman–Crippen LogP) is 1.08. The molecule has 0 bridgehead atoms. The third-order valence-electron chi connectivity index (χ3n) is 3.52. The smallest absolute Gasteiger partial charge is 0.255 e. The summed E-state index contributed by atoms with van der Waals surface area (Å²) in [5.74, 6) is -0.857. The summed E-state index contributed by atoms with van der Waals surface area (Å²) >= 11 is 0. The molecule has 0 saturated carbocycles. The molecule has 5 nitrogen and oxygen atoms in total. The summed E-state index contributed by atoms with van der Waals surface area (Å²) in [7, 11) is 0. The minimum atomic E-state index is -0.567. The third-order valence-corrected chi connectivity index (χ3v) is 3.52. The maximum atomic E-state index is 12.3. The zero-order chi connectivity index (χ0) is 14.7. The van der Waals surface area contributed by atoms with Crippen LogP contribution in [0.5, 0.6) is 0 Å². The van der Waals surface area contributed by atoms with Crippen LogP contribution in [0, 0.1) is 0 Å². The maximum absolute atomic E-state index is 12.3. The second kappa shape index (κ2) is 5.86. The van der Waals surface area contributed by atoms with Crippen LogP contribution in [0.4, 0.5) is 0 Å². The van der Waals surface area contributed by atoms with E-state index in [1.807, 2.05) is 19.1 Å². The van der Waals surface area contributed by atoms with Gasteiger partial charge in [-0.1, -0.05) is 31.7 Å². The molecule has 0 aliphatic carbocycles. The minimum absolute atomic E-state index is 0.190. The summed E-state index contributed by atoms with van der Waals surface area (Å²) in [6.45, 7) is 6.07. The Morgan fingerprint density at radius 2 is 2.15 bits per heavy atom. The number of carbonyl (C=O) groups is 3. The lowest BCUT2D eigenvalue weighted by Crippen LogP contribution is -2.53. The first-order valence-corrected chi connectivity index (χ1v) is 6.75. The van der Waals surface area contributed by atoms with Crippen molar-refractivity contribution in [2.24, 2.45) is 0 Å². The van der Waals surface area contributed by atoms with Crippen LogP contribution in [-0.2, 0) is 14.4 Å². The quantitative estimate of drug-likeness (QED) is 0.780. The van der Waals surface area contributed by atoms with Crippen molar-refractivity contribution in [1.82, 2.24) is 10.2 Å². The number of hydrogen-bond donors (Lipinski definition) is 1. The molecule has 2 aliphatic rings. The fourth-order valence-corrected chi connectivity index (χ4v) is 2.48. The fourth-order valence-electron chi connectivity index (χ4n) is 2.48. The van der Waals surface area contributed by atoms with Crippen LogP contribution < -0.4 is 5.32 Å². The van der Waals surface area contributed by atoms with Crippen molar-refractivity contribution in [3.05, 3.63) is 36.0 Å². The molecule has 1 atom stereocenters. The largest absolute Gasteiger partial charge is 0.322 e. The number of carbonyl (C=O) groups excluding carboxylic acids is 3. The molecule has 1 unspecified atom stereocenters. The Bertz CT molecular complexity index is 531. The number of nitrogens with zero attached hydrogens (tertiary/aromatic N) is 1. The Morgan fingerprint density at radius 1 is 1.40 bits per heavy atom. The second-order valence-corrected chi connectivity index (χ2v) is 4.85. The van der Waals surface area contributed by atoms with Crippen molar-refractivity contribution in [3.8, 4) is 0 Å². The van der Waals surface area contributed by atoms with Gasteiger partial charge in [-0.3, -0.25) is 19.7 Å². The molecular formula is C15H18N2O3. The van der Waals surface area contributed by atoms with E-state index in [4.69, 9.17) is 0 Å². The number of rotatable bonds is 4. The molecule has 0 aromatic heterocycles. The zero-order valence-corrected chi connectivity index (χ0v) is 11.5. The number of piperidine rings is 1. The lowest BCUT2D eigenvalue weighted by molar-refractivity contribution is -0.142. The first-order valence-electron chi connectivity index (χ1n) is 6.75. The fraction of sp³-hybridized carbons (Fsp3) is 0.400. The van der Waals surface area contributed by atoms with Crippen LogP contribution in [-0.4, -0.2) is 35.2 Å². The Balaban J connectivity index is 2.19. The van der Waals surface area contributed by atoms with Gasteiger partial charge in [0.1, 0.15) is 6.04 Å². The average molecular weight is 274 g/mol. The number of nitrogens with one attached hydrogen (secondary N) is 1. The van der Waals surface area contributed by atoms with E-state index in [0.29, 0.717) is 18.5 Å². The number of hydrogen-bond acceptors (Lipinski definition) is 3. The Hall–Kier alpha value is -2.17. The molecule has 1 fully saturated rings. The summed E-state index contributed by atoms with van der Waals surface area (Å²) < 4.78 is 0. The predicted molar refractivity (Wildman–Crippen MR) is 74.5 cm³/mol. The van der Waals surface area contributed by atoms with Gasteiger partial charge in [-0.15, -0.1) is 0 Å². The van der Waals surface area contributed by atoms with E-state index in [-0.39, 0.29) is 18.2 Å². The topological polar surface area (TPSA) is 66.5 Å². The van der Waals surface area contributed by atoms with Gasteiger partial charge in [-0.25, -0.2) is 0 Å². The monoisotopic (exact) mass is 274 g/mol. The summed E-state index contributed by atoms with van der Waals surface area (Å²) in [6, 6.07) is -0.567. The molecule has 5 heteroatoms. The van der Waals surface area contributed by atoms with Crippen LogP contribution in [0.1, 0.15) is 26.2 Å². The van der Waals surface area contributed by atoms with E-state index in [9.17, 15) is 14.4 Å². The van der Waals surface area contributed by atoms with Crippen LogP contribution in [0.3, 0.4) is 0 Å². The summed E-state index contributed by atoms with van der Waals surface area (Å²) in [5.41, 5.74) is 1.41. The van der Waals surface area contributed by atoms with Gasteiger partial charge in [0.05, 0.1) is 0 Å². The zero-order valence-electron chi connectivity index (χ0n) is 11.5. The summed E-state index contributed by atoms with van der Waals surface area (Å²) in [4.78, 5) is 36.9. The van der Waals surface area contributed by atoms with Crippen molar-refractivity contribution in [2.75, 3.05) is 6.54 Å². The van der Waals surface area contributed by atoms with E-state index in [0.717, 1.165) is 12.0 Å². The van der Waals surface area contributed by atoms with Crippen LogP contribution in [0.25, 0.3) is 0 Å². The first-order chi connectivity index (χ1) is 9.58. The number of imide groups is 1. The van der Waals surface area contributed by atoms with E-state index in [1.54, 1.807) is 0 Å². The van der Waals surface area contributed by atoms with E-state index < -0.39 is 11.9 Å². The SMILES string of the molecule is C=CC1=C(/C=C\CC)CN(C2CCC(=O)NC2=O)C1=O. The molecule has 2 aliphatic heterocycles. The van der Waals surface area contributed by atoms with Crippen molar-refractivity contribution < 1.29 is 14.4 Å². The molecule has 3 amide bonds. The number of amides is 3. The van der Waals surface area contributed by atoms with Gasteiger partial charge < -0.3 is 4.90 Å². The third kappa shape index (κ3) is 2.57. The normalized spacial score (nSPS) is 23.8. The molecule has 20 heavy (non-hydrogen) atoms. The molecule has 2 rings (SSSR count). The van der Waals surface area contributed by atoms with Gasteiger partial charge in [0.15, 0.2) is 0 Å². The number of allylic oxidation sites excluding steroid dienone is 1. The highest BCUT2D eigenvalue weighted by molar-refractivity contribution is 6.06. The Labute approximate surface area is 118 Å². The van der Waals surface area contributed by atoms with Crippen molar-refractivity contribution in [3.63, 3.8) is 0 Å². The Morgan fingerprint density at radius 3 is 2.75 bits per heavy atom. The van der Waals surface area contributed by atoms with Crippen LogP contribution in [0.15, 0.2) is 36.0 Å². The molecule has 0 aromatic rings. The molecule has 0 aromatic carbocycles. The van der Waals surface area contributed by atoms with E-state index >= 15 is 0 Å². The lowest BCUT2D eigenvalue weighted by atomic mass is 10.0. The Kier molecular flexibility index (Phi) is 4.17. The highest BCUT2D eigenvalue weighted by Gasteiger charge is 2.38. The standard InChI is InChI=1S/C15H18N2O3/c1-3-5-6-10-9-17(15(20)11(10)4-2)12-7-8-13(18)16-14(12)19/h4-6,12H,2-3,7-9H2,1H3,(H,16,18,19)/b6-5-.